The molecule has 4 rings (SSSR count). The summed E-state index contributed by atoms with van der Waals surface area (Å²) in [5.74, 6) is 1.59. The number of rotatable bonds is 2. The minimum absolute atomic E-state index is 0.0802. The van der Waals surface area contributed by atoms with Crippen LogP contribution in [0.4, 0.5) is 4.79 Å². The summed E-state index contributed by atoms with van der Waals surface area (Å²) in [6.07, 6.45) is 4.49. The Hall–Kier alpha value is -2.21. The van der Waals surface area contributed by atoms with Crippen LogP contribution in [0.25, 0.3) is 0 Å². The fourth-order valence-electron chi connectivity index (χ4n) is 4.30. The molecule has 6 nitrogen and oxygen atoms in total. The predicted octanol–water partition coefficient (Wildman–Crippen LogP) is 1.95. The van der Waals surface area contributed by atoms with Gasteiger partial charge in [0.15, 0.2) is 11.5 Å². The van der Waals surface area contributed by atoms with Gasteiger partial charge in [0.05, 0.1) is 12.5 Å². The van der Waals surface area contributed by atoms with Crippen molar-refractivity contribution in [3.8, 4) is 11.5 Å². The Kier molecular flexibility index (Phi) is 3.46. The van der Waals surface area contributed by atoms with Crippen LogP contribution in [0.3, 0.4) is 0 Å². The molecular weight excluding hydrogens is 308 g/mol. The Labute approximate surface area is 141 Å². The lowest BCUT2D eigenvalue weighted by Gasteiger charge is -2.36. The van der Waals surface area contributed by atoms with Gasteiger partial charge in [0.2, 0.25) is 0 Å². The van der Waals surface area contributed by atoms with Crippen LogP contribution in [0.1, 0.15) is 24.0 Å². The van der Waals surface area contributed by atoms with Gasteiger partial charge in [-0.1, -0.05) is 12.1 Å². The summed E-state index contributed by atoms with van der Waals surface area (Å²) < 4.78 is 17.0. The van der Waals surface area contributed by atoms with Crippen LogP contribution in [0, 0.1) is 0 Å². The van der Waals surface area contributed by atoms with E-state index in [0.717, 1.165) is 31.0 Å². The fraction of sp³-hybridized carbons (Fsp3) is 0.500. The lowest BCUT2D eigenvalue weighted by Crippen LogP contribution is -2.44. The maximum absolute atomic E-state index is 11.1. The molecule has 2 heterocycles. The van der Waals surface area contributed by atoms with E-state index in [1.807, 2.05) is 12.1 Å². The Morgan fingerprint density at radius 1 is 1.46 bits per heavy atom. The van der Waals surface area contributed by atoms with Crippen molar-refractivity contribution in [2.24, 2.45) is 5.73 Å². The second kappa shape index (κ2) is 5.41. The Balaban J connectivity index is 1.82. The van der Waals surface area contributed by atoms with Crippen molar-refractivity contribution >= 4 is 6.09 Å². The number of benzene rings is 1. The van der Waals surface area contributed by atoms with Gasteiger partial charge in [-0.25, -0.2) is 4.79 Å². The standard InChI is InChI=1S/C18H22N2O4/c1-20-8-7-18-6-5-12(23-17(19)21)9-14(18)24-16-13(22-2)4-3-11(10-20)15(16)18/h3-6,12,14H,7-10H2,1-2H3,(H2,19,21)/t12-,14-,18-/m0/s1. The number of ether oxygens (including phenoxy) is 3. The van der Waals surface area contributed by atoms with Crippen LogP contribution in [-0.4, -0.2) is 43.9 Å². The molecule has 6 heteroatoms. The van der Waals surface area contributed by atoms with Crippen LogP contribution < -0.4 is 15.2 Å². The summed E-state index contributed by atoms with van der Waals surface area (Å²) in [6, 6.07) is 4.10. The highest BCUT2D eigenvalue weighted by Crippen LogP contribution is 2.55. The van der Waals surface area contributed by atoms with Gasteiger partial charge in [0.1, 0.15) is 12.2 Å². The highest BCUT2D eigenvalue weighted by atomic mass is 16.6. The lowest BCUT2D eigenvalue weighted by atomic mass is 9.69. The van der Waals surface area contributed by atoms with E-state index in [1.165, 1.54) is 11.1 Å². The molecule has 0 saturated heterocycles. The van der Waals surface area contributed by atoms with Gasteiger partial charge in [-0.2, -0.15) is 0 Å². The summed E-state index contributed by atoms with van der Waals surface area (Å²) in [5.41, 5.74) is 7.48. The number of carbonyl (C=O) groups excluding carboxylic acids is 1. The number of amides is 1. The largest absolute Gasteiger partial charge is 0.493 e. The van der Waals surface area contributed by atoms with E-state index in [0.29, 0.717) is 6.42 Å². The zero-order chi connectivity index (χ0) is 16.9. The molecule has 0 unspecified atom stereocenters. The van der Waals surface area contributed by atoms with Crippen LogP contribution in [-0.2, 0) is 16.7 Å². The number of primary amides is 1. The van der Waals surface area contributed by atoms with Crippen LogP contribution in [0.5, 0.6) is 11.5 Å². The molecule has 0 radical (unpaired) electrons. The number of carbonyl (C=O) groups is 1. The number of hydrogen-bond donors (Lipinski definition) is 1. The molecule has 1 aromatic carbocycles. The van der Waals surface area contributed by atoms with Gasteiger partial charge >= 0.3 is 6.09 Å². The summed E-state index contributed by atoms with van der Waals surface area (Å²) in [4.78, 5) is 13.4. The van der Waals surface area contributed by atoms with E-state index in [1.54, 1.807) is 7.11 Å². The number of nitrogens with two attached hydrogens (primary N) is 1. The smallest absolute Gasteiger partial charge is 0.405 e. The van der Waals surface area contributed by atoms with Gasteiger partial charge in [-0.3, -0.25) is 0 Å². The molecule has 1 spiro atoms. The quantitative estimate of drug-likeness (QED) is 0.839. The maximum atomic E-state index is 11.1. The van der Waals surface area contributed by atoms with Crippen molar-refractivity contribution in [3.63, 3.8) is 0 Å². The fourth-order valence-corrected chi connectivity index (χ4v) is 4.30. The van der Waals surface area contributed by atoms with E-state index in [4.69, 9.17) is 19.9 Å². The SMILES string of the molecule is COc1ccc2c3c1O[C@H]1C[C@@H](OC(N)=O)C=C[C@@]31CCN(C)C2. The number of methoxy groups -OCH3 is 1. The third kappa shape index (κ3) is 2.17. The Morgan fingerprint density at radius 3 is 3.04 bits per heavy atom. The first-order valence-electron chi connectivity index (χ1n) is 8.24. The molecule has 2 N–H and O–H groups in total. The molecule has 2 aliphatic heterocycles. The van der Waals surface area contributed by atoms with E-state index in [9.17, 15) is 4.79 Å². The average Bonchev–Trinajstić information content (AvgIpc) is 2.80. The molecule has 1 aromatic rings. The highest BCUT2D eigenvalue weighted by molar-refractivity contribution is 5.65. The van der Waals surface area contributed by atoms with Crippen molar-refractivity contribution in [1.82, 2.24) is 4.90 Å². The van der Waals surface area contributed by atoms with E-state index >= 15 is 0 Å². The topological polar surface area (TPSA) is 74.0 Å². The average molecular weight is 330 g/mol. The molecule has 0 fully saturated rings. The molecule has 0 aromatic heterocycles. The van der Waals surface area contributed by atoms with Crippen molar-refractivity contribution in [2.45, 2.75) is 37.0 Å². The van der Waals surface area contributed by atoms with Crippen molar-refractivity contribution < 1.29 is 19.0 Å². The Morgan fingerprint density at radius 2 is 2.29 bits per heavy atom. The van der Waals surface area contributed by atoms with Gasteiger partial charge in [-0.15, -0.1) is 0 Å². The van der Waals surface area contributed by atoms with Gasteiger partial charge < -0.3 is 24.8 Å². The first-order chi connectivity index (χ1) is 11.5. The van der Waals surface area contributed by atoms with Crippen molar-refractivity contribution in [1.29, 1.82) is 0 Å². The molecule has 128 valence electrons. The molecule has 3 aliphatic rings. The molecule has 0 saturated carbocycles. The monoisotopic (exact) mass is 330 g/mol. The van der Waals surface area contributed by atoms with Gasteiger partial charge in [-0.05, 0) is 37.7 Å². The zero-order valence-corrected chi connectivity index (χ0v) is 14.0. The van der Waals surface area contributed by atoms with Gasteiger partial charge in [0.25, 0.3) is 0 Å². The second-order valence-corrected chi connectivity index (χ2v) is 6.84. The van der Waals surface area contributed by atoms with E-state index in [-0.39, 0.29) is 17.6 Å². The summed E-state index contributed by atoms with van der Waals surface area (Å²) >= 11 is 0. The number of nitrogens with zero attached hydrogens (tertiary/aromatic N) is 1. The van der Waals surface area contributed by atoms with E-state index < -0.39 is 6.09 Å². The highest BCUT2D eigenvalue weighted by Gasteiger charge is 2.53. The summed E-state index contributed by atoms with van der Waals surface area (Å²) in [6.45, 7) is 1.86. The molecule has 24 heavy (non-hydrogen) atoms. The zero-order valence-electron chi connectivity index (χ0n) is 14.0. The second-order valence-electron chi connectivity index (χ2n) is 6.84. The van der Waals surface area contributed by atoms with Crippen molar-refractivity contribution in [2.75, 3.05) is 20.7 Å². The third-order valence-electron chi connectivity index (χ3n) is 5.40. The molecular formula is C18H22N2O4. The maximum Gasteiger partial charge on any atom is 0.405 e. The summed E-state index contributed by atoms with van der Waals surface area (Å²) in [7, 11) is 3.80. The Bertz CT molecular complexity index is 717. The molecule has 1 aliphatic carbocycles. The minimum atomic E-state index is -0.755. The minimum Gasteiger partial charge on any atom is -0.493 e. The van der Waals surface area contributed by atoms with Gasteiger partial charge in [0, 0.05) is 18.5 Å². The lowest BCUT2D eigenvalue weighted by molar-refractivity contribution is 0.0648. The molecule has 3 atom stereocenters. The molecule has 0 bridgehead atoms. The van der Waals surface area contributed by atoms with E-state index in [2.05, 4.69) is 24.1 Å². The number of hydrogen-bond acceptors (Lipinski definition) is 5. The third-order valence-corrected chi connectivity index (χ3v) is 5.40. The van der Waals surface area contributed by atoms with Crippen LogP contribution >= 0.6 is 0 Å². The van der Waals surface area contributed by atoms with Crippen LogP contribution in [0.15, 0.2) is 24.3 Å². The predicted molar refractivity (Wildman–Crippen MR) is 88.3 cm³/mol. The first-order valence-corrected chi connectivity index (χ1v) is 8.24. The summed E-state index contributed by atoms with van der Waals surface area (Å²) in [5, 5.41) is 0. The first kappa shape index (κ1) is 15.3. The molecule has 1 amide bonds. The van der Waals surface area contributed by atoms with Crippen LogP contribution in [0.2, 0.25) is 0 Å². The van der Waals surface area contributed by atoms with Crippen molar-refractivity contribution in [3.05, 3.63) is 35.4 Å². The normalized spacial score (nSPS) is 30.8.